The Labute approximate surface area is 59.9 Å². The van der Waals surface area contributed by atoms with Gasteiger partial charge in [0.15, 0.2) is 0 Å². The first-order chi connectivity index (χ1) is 4.74. The van der Waals surface area contributed by atoms with Gasteiger partial charge in [0.25, 0.3) is 0 Å². The van der Waals surface area contributed by atoms with Gasteiger partial charge >= 0.3 is 5.97 Å². The molecule has 0 saturated carbocycles. The van der Waals surface area contributed by atoms with Gasteiger partial charge in [-0.2, -0.15) is 0 Å². The van der Waals surface area contributed by atoms with E-state index in [-0.39, 0.29) is 6.61 Å². The Morgan fingerprint density at radius 1 is 1.10 bits per heavy atom. The first kappa shape index (κ1) is 9.80. The molecule has 0 rings (SSSR count). The number of ether oxygens (including phenoxy) is 3. The van der Waals surface area contributed by atoms with Crippen LogP contribution in [-0.2, 0) is 19.0 Å². The highest BCUT2D eigenvalue weighted by molar-refractivity contribution is 4.50. The highest BCUT2D eigenvalue weighted by Gasteiger charge is 2.29. The van der Waals surface area contributed by atoms with Crippen molar-refractivity contribution in [2.45, 2.75) is 5.97 Å². The second-order valence-corrected chi connectivity index (χ2v) is 1.61. The zero-order valence-corrected chi connectivity index (χ0v) is 6.42. The van der Waals surface area contributed by atoms with Crippen LogP contribution in [0.25, 0.3) is 0 Å². The summed E-state index contributed by atoms with van der Waals surface area (Å²) in [5, 5.41) is 0. The molecule has 0 fully saturated rings. The number of nitrogens with two attached hydrogens (primary N) is 1. The Balaban J connectivity index is 3.87. The van der Waals surface area contributed by atoms with E-state index < -0.39 is 5.97 Å². The predicted octanol–water partition coefficient (Wildman–Crippen LogP) is -0.530. The van der Waals surface area contributed by atoms with Gasteiger partial charge in [0.2, 0.25) is 0 Å². The van der Waals surface area contributed by atoms with Crippen molar-refractivity contribution in [1.29, 1.82) is 0 Å². The molecule has 0 saturated heterocycles. The molecule has 0 spiro atoms. The molecule has 0 unspecified atom stereocenters. The maximum atomic E-state index is 4.83. The van der Waals surface area contributed by atoms with Gasteiger partial charge in [0, 0.05) is 21.3 Å². The Morgan fingerprint density at radius 3 is 1.60 bits per heavy atom. The van der Waals surface area contributed by atoms with Crippen molar-refractivity contribution in [1.82, 2.24) is 0 Å². The van der Waals surface area contributed by atoms with Gasteiger partial charge in [0.1, 0.15) is 6.61 Å². The first-order valence-corrected chi connectivity index (χ1v) is 2.72. The third kappa shape index (κ3) is 2.20. The lowest BCUT2D eigenvalue weighted by atomic mass is 10.6. The van der Waals surface area contributed by atoms with Crippen LogP contribution in [0, 0.1) is 0 Å². The fraction of sp³-hybridized carbons (Fsp3) is 1.00. The average molecular weight is 151 g/mol. The highest BCUT2D eigenvalue weighted by Crippen LogP contribution is 2.10. The smallest absolute Gasteiger partial charge is 0.309 e. The molecule has 0 aromatic carbocycles. The van der Waals surface area contributed by atoms with Crippen molar-refractivity contribution in [2.75, 3.05) is 27.9 Å². The maximum absolute atomic E-state index is 4.83. The minimum atomic E-state index is -1.17. The van der Waals surface area contributed by atoms with E-state index in [9.17, 15) is 0 Å². The molecule has 0 aliphatic rings. The number of rotatable bonds is 5. The lowest BCUT2D eigenvalue weighted by Crippen LogP contribution is -2.41. The van der Waals surface area contributed by atoms with Crippen LogP contribution in [0.3, 0.4) is 0 Å². The SMILES string of the molecule is COC(CON)(OC)OC. The Kier molecular flexibility index (Phi) is 4.50. The maximum Gasteiger partial charge on any atom is 0.309 e. The normalized spacial score (nSPS) is 12.0. The van der Waals surface area contributed by atoms with E-state index in [1.165, 1.54) is 21.3 Å². The molecular weight excluding hydrogens is 138 g/mol. The summed E-state index contributed by atoms with van der Waals surface area (Å²) >= 11 is 0. The Bertz CT molecular complexity index is 75.5. The van der Waals surface area contributed by atoms with E-state index >= 15 is 0 Å². The third-order valence-electron chi connectivity index (χ3n) is 1.19. The van der Waals surface area contributed by atoms with E-state index in [4.69, 9.17) is 20.1 Å². The number of methoxy groups -OCH3 is 3. The van der Waals surface area contributed by atoms with Crippen LogP contribution in [-0.4, -0.2) is 33.9 Å². The summed E-state index contributed by atoms with van der Waals surface area (Å²) in [5.41, 5.74) is 0. The monoisotopic (exact) mass is 151 g/mol. The third-order valence-corrected chi connectivity index (χ3v) is 1.19. The van der Waals surface area contributed by atoms with Crippen LogP contribution in [0.5, 0.6) is 0 Å². The van der Waals surface area contributed by atoms with Gasteiger partial charge in [-0.3, -0.25) is 4.84 Å². The zero-order valence-electron chi connectivity index (χ0n) is 6.42. The second kappa shape index (κ2) is 4.59. The van der Waals surface area contributed by atoms with Crippen LogP contribution in [0.15, 0.2) is 0 Å². The summed E-state index contributed by atoms with van der Waals surface area (Å²) in [6.45, 7) is 0.0243. The molecule has 0 amide bonds. The summed E-state index contributed by atoms with van der Waals surface area (Å²) in [4.78, 5) is 4.30. The minimum absolute atomic E-state index is 0.0243. The molecule has 5 nitrogen and oxygen atoms in total. The quantitative estimate of drug-likeness (QED) is 0.422. The van der Waals surface area contributed by atoms with E-state index in [1.807, 2.05) is 0 Å². The van der Waals surface area contributed by atoms with Crippen LogP contribution in [0.1, 0.15) is 0 Å². The average Bonchev–Trinajstić information content (AvgIpc) is 2.01. The molecular formula is C5H13NO4. The predicted molar refractivity (Wildman–Crippen MR) is 33.9 cm³/mol. The second-order valence-electron chi connectivity index (χ2n) is 1.61. The van der Waals surface area contributed by atoms with Gasteiger partial charge in [-0.1, -0.05) is 0 Å². The van der Waals surface area contributed by atoms with E-state index in [1.54, 1.807) is 0 Å². The highest BCUT2D eigenvalue weighted by atomic mass is 16.9. The topological polar surface area (TPSA) is 62.9 Å². The van der Waals surface area contributed by atoms with Gasteiger partial charge in [-0.15, -0.1) is 0 Å². The lowest BCUT2D eigenvalue weighted by molar-refractivity contribution is -0.368. The Morgan fingerprint density at radius 2 is 1.50 bits per heavy atom. The fourth-order valence-electron chi connectivity index (χ4n) is 0.529. The summed E-state index contributed by atoms with van der Waals surface area (Å²) in [6.07, 6.45) is 0. The minimum Gasteiger partial charge on any atom is -0.329 e. The van der Waals surface area contributed by atoms with Gasteiger partial charge in [0.05, 0.1) is 0 Å². The largest absolute Gasteiger partial charge is 0.329 e. The van der Waals surface area contributed by atoms with Crippen molar-refractivity contribution in [2.24, 2.45) is 5.90 Å². The summed E-state index contributed by atoms with van der Waals surface area (Å²) < 4.78 is 14.5. The molecule has 0 aromatic heterocycles. The lowest BCUT2D eigenvalue weighted by Gasteiger charge is -2.26. The summed E-state index contributed by atoms with van der Waals surface area (Å²) in [7, 11) is 4.31. The van der Waals surface area contributed by atoms with E-state index in [0.717, 1.165) is 0 Å². The molecule has 0 heterocycles. The van der Waals surface area contributed by atoms with Gasteiger partial charge in [-0.05, 0) is 0 Å². The van der Waals surface area contributed by atoms with Crippen molar-refractivity contribution < 1.29 is 19.0 Å². The van der Waals surface area contributed by atoms with Crippen molar-refractivity contribution in [3.63, 3.8) is 0 Å². The molecule has 5 heteroatoms. The van der Waals surface area contributed by atoms with Gasteiger partial charge < -0.3 is 14.2 Å². The molecule has 2 N–H and O–H groups in total. The molecule has 0 aromatic rings. The summed E-state index contributed by atoms with van der Waals surface area (Å²) in [5.74, 6) is 3.63. The van der Waals surface area contributed by atoms with Gasteiger partial charge in [-0.25, -0.2) is 5.90 Å². The Hall–Kier alpha value is -0.200. The molecule has 0 atom stereocenters. The number of hydrogen-bond donors (Lipinski definition) is 1. The van der Waals surface area contributed by atoms with Crippen LogP contribution in [0.2, 0.25) is 0 Å². The zero-order chi connectivity index (χ0) is 8.04. The standard InChI is InChI=1S/C5H13NO4/c1-7-5(8-2,9-3)4-10-6/h4,6H2,1-3H3. The molecule has 0 aliphatic carbocycles. The molecule has 62 valence electrons. The van der Waals surface area contributed by atoms with Crippen LogP contribution < -0.4 is 5.90 Å². The fourth-order valence-corrected chi connectivity index (χ4v) is 0.529. The van der Waals surface area contributed by atoms with E-state index in [0.29, 0.717) is 0 Å². The van der Waals surface area contributed by atoms with Crippen LogP contribution in [0.4, 0.5) is 0 Å². The molecule has 0 bridgehead atoms. The number of hydrogen-bond acceptors (Lipinski definition) is 5. The van der Waals surface area contributed by atoms with E-state index in [2.05, 4.69) is 4.84 Å². The van der Waals surface area contributed by atoms with Crippen molar-refractivity contribution >= 4 is 0 Å². The first-order valence-electron chi connectivity index (χ1n) is 2.72. The van der Waals surface area contributed by atoms with Crippen molar-refractivity contribution in [3.05, 3.63) is 0 Å². The summed E-state index contributed by atoms with van der Waals surface area (Å²) in [6, 6.07) is 0. The molecule has 10 heavy (non-hydrogen) atoms. The molecule has 0 radical (unpaired) electrons. The van der Waals surface area contributed by atoms with Crippen molar-refractivity contribution in [3.8, 4) is 0 Å². The van der Waals surface area contributed by atoms with Crippen LogP contribution >= 0.6 is 0 Å². The molecule has 0 aliphatic heterocycles.